The number of hydrogen-bond acceptors (Lipinski definition) is 8. The highest BCUT2D eigenvalue weighted by Crippen LogP contribution is 2.45. The van der Waals surface area contributed by atoms with Gasteiger partial charge in [0.1, 0.15) is 24.0 Å². The predicted molar refractivity (Wildman–Crippen MR) is 177 cm³/mol. The first kappa shape index (κ1) is 36.0. The number of epoxide rings is 1. The molecule has 0 bridgehead atoms. The predicted octanol–water partition coefficient (Wildman–Crippen LogP) is 5.12. The molecule has 4 rings (SSSR count). The Labute approximate surface area is 281 Å². The molecule has 2 aliphatic rings. The molecule has 254 valence electrons. The molecule has 1 fully saturated rings. The Hall–Kier alpha value is -3.89. The van der Waals surface area contributed by atoms with E-state index in [2.05, 4.69) is 10.6 Å². The maximum atomic E-state index is 13.6. The zero-order chi connectivity index (χ0) is 34.3. The number of carbonyl (C=O) groups excluding carboxylic acids is 4. The fourth-order valence-corrected chi connectivity index (χ4v) is 5.78. The zero-order valence-electron chi connectivity index (χ0n) is 27.8. The lowest BCUT2D eigenvalue weighted by Crippen LogP contribution is -2.49. The molecule has 2 aromatic carbocycles. The van der Waals surface area contributed by atoms with Crippen molar-refractivity contribution in [2.75, 3.05) is 13.7 Å². The SMILES string of the molecule is COc1ccc(CC2NC(=O)C=CCC(C(C)C3OC3c3ccccc3)OC(=O)C(CC(C)(C)C)OC(=O)C(C)CNC2=O)cc1Cl. The molecule has 2 amide bonds. The number of hydrogen-bond donors (Lipinski definition) is 2. The molecule has 2 heterocycles. The third kappa shape index (κ3) is 10.3. The van der Waals surface area contributed by atoms with Gasteiger partial charge in [0.25, 0.3) is 0 Å². The van der Waals surface area contributed by atoms with Crippen LogP contribution in [0.15, 0.2) is 60.7 Å². The molecule has 7 atom stereocenters. The van der Waals surface area contributed by atoms with Crippen LogP contribution in [0.2, 0.25) is 5.02 Å². The first-order valence-corrected chi connectivity index (χ1v) is 16.3. The van der Waals surface area contributed by atoms with Crippen LogP contribution in [0.1, 0.15) is 64.7 Å². The van der Waals surface area contributed by atoms with Crippen molar-refractivity contribution in [2.45, 2.75) is 84.3 Å². The lowest BCUT2D eigenvalue weighted by atomic mass is 9.89. The van der Waals surface area contributed by atoms with Gasteiger partial charge in [-0.15, -0.1) is 0 Å². The van der Waals surface area contributed by atoms with E-state index < -0.39 is 47.9 Å². The van der Waals surface area contributed by atoms with E-state index in [9.17, 15) is 19.2 Å². The van der Waals surface area contributed by atoms with Crippen molar-refractivity contribution in [1.82, 2.24) is 10.6 Å². The third-order valence-corrected chi connectivity index (χ3v) is 8.55. The van der Waals surface area contributed by atoms with Gasteiger partial charge < -0.3 is 29.6 Å². The highest BCUT2D eigenvalue weighted by Gasteiger charge is 2.47. The average molecular weight is 669 g/mol. The molecular weight excluding hydrogens is 624 g/mol. The Balaban J connectivity index is 1.59. The van der Waals surface area contributed by atoms with Crippen LogP contribution in [-0.4, -0.2) is 61.8 Å². The summed E-state index contributed by atoms with van der Waals surface area (Å²) in [4.78, 5) is 53.3. The second-order valence-electron chi connectivity index (χ2n) is 13.5. The van der Waals surface area contributed by atoms with E-state index >= 15 is 0 Å². The van der Waals surface area contributed by atoms with Crippen molar-refractivity contribution >= 4 is 35.4 Å². The molecule has 10 nitrogen and oxygen atoms in total. The topological polar surface area (TPSA) is 133 Å². The summed E-state index contributed by atoms with van der Waals surface area (Å²) in [5.41, 5.74) is 1.36. The van der Waals surface area contributed by atoms with Crippen LogP contribution >= 0.6 is 11.6 Å². The quantitative estimate of drug-likeness (QED) is 0.307. The first-order chi connectivity index (χ1) is 22.3. The largest absolute Gasteiger partial charge is 0.495 e. The molecule has 2 N–H and O–H groups in total. The maximum Gasteiger partial charge on any atom is 0.347 e. The van der Waals surface area contributed by atoms with E-state index in [4.69, 9.17) is 30.5 Å². The Morgan fingerprint density at radius 3 is 2.40 bits per heavy atom. The van der Waals surface area contributed by atoms with Crippen molar-refractivity contribution < 1.29 is 38.1 Å². The van der Waals surface area contributed by atoms with E-state index in [0.717, 1.165) is 5.56 Å². The van der Waals surface area contributed by atoms with Crippen LogP contribution in [0.4, 0.5) is 0 Å². The van der Waals surface area contributed by atoms with E-state index in [0.29, 0.717) is 16.3 Å². The third-order valence-electron chi connectivity index (χ3n) is 8.26. The van der Waals surface area contributed by atoms with E-state index in [1.807, 2.05) is 58.0 Å². The zero-order valence-corrected chi connectivity index (χ0v) is 28.5. The molecule has 0 saturated carbocycles. The molecule has 7 unspecified atom stereocenters. The van der Waals surface area contributed by atoms with Gasteiger partial charge in [-0.05, 0) is 34.8 Å². The van der Waals surface area contributed by atoms with E-state index in [1.54, 1.807) is 31.2 Å². The number of methoxy groups -OCH3 is 1. The summed E-state index contributed by atoms with van der Waals surface area (Å²) < 4.78 is 23.0. The molecule has 11 heteroatoms. The lowest BCUT2D eigenvalue weighted by Gasteiger charge is -2.29. The Morgan fingerprint density at radius 2 is 1.74 bits per heavy atom. The Morgan fingerprint density at radius 1 is 1.02 bits per heavy atom. The number of nitrogens with one attached hydrogen (secondary N) is 2. The van der Waals surface area contributed by atoms with Crippen LogP contribution in [-0.2, 0) is 39.8 Å². The smallest absolute Gasteiger partial charge is 0.347 e. The van der Waals surface area contributed by atoms with Gasteiger partial charge in [-0.2, -0.15) is 0 Å². The standard InChI is InChI=1S/C36H45ClN2O8/c1-21-20-38-33(41)26(18-23-15-16-28(44-6)25(37)17-23)39-30(40)14-10-13-27(22(2)31-32(47-31)24-11-8-7-9-12-24)45-35(43)29(46-34(21)42)19-36(3,4)5/h7-12,14-17,21-22,26-27,29,31-32H,13,18-20H2,1-6H3,(H,38,41)(H,39,40). The first-order valence-electron chi connectivity index (χ1n) is 15.9. The van der Waals surface area contributed by atoms with Gasteiger partial charge in [0.15, 0.2) is 6.10 Å². The lowest BCUT2D eigenvalue weighted by molar-refractivity contribution is -0.177. The minimum absolute atomic E-state index is 0.0694. The van der Waals surface area contributed by atoms with Crippen LogP contribution in [0.5, 0.6) is 5.75 Å². The van der Waals surface area contributed by atoms with Gasteiger partial charge in [0.2, 0.25) is 11.8 Å². The van der Waals surface area contributed by atoms with Gasteiger partial charge >= 0.3 is 11.9 Å². The van der Waals surface area contributed by atoms with Gasteiger partial charge in [-0.3, -0.25) is 14.4 Å². The van der Waals surface area contributed by atoms with Crippen LogP contribution < -0.4 is 15.4 Å². The minimum Gasteiger partial charge on any atom is -0.495 e. The fraction of sp³-hybridized carbons (Fsp3) is 0.500. The second-order valence-corrected chi connectivity index (χ2v) is 13.9. The average Bonchev–Trinajstić information content (AvgIpc) is 3.82. The number of esters is 2. The molecule has 1 saturated heterocycles. The normalized spacial score (nSPS) is 26.8. The van der Waals surface area contributed by atoms with Crippen molar-refractivity contribution in [3.63, 3.8) is 0 Å². The molecule has 47 heavy (non-hydrogen) atoms. The Kier molecular flexibility index (Phi) is 12.1. The van der Waals surface area contributed by atoms with Crippen molar-refractivity contribution in [1.29, 1.82) is 0 Å². The number of amides is 2. The van der Waals surface area contributed by atoms with Gasteiger partial charge in [-0.1, -0.05) is 88.7 Å². The number of ether oxygens (including phenoxy) is 4. The summed E-state index contributed by atoms with van der Waals surface area (Å²) in [6.45, 7) is 9.29. The summed E-state index contributed by atoms with van der Waals surface area (Å²) in [6, 6.07) is 13.9. The number of carbonyl (C=O) groups is 4. The van der Waals surface area contributed by atoms with E-state index in [-0.39, 0.29) is 49.3 Å². The number of benzene rings is 2. The Bertz CT molecular complexity index is 1460. The summed E-state index contributed by atoms with van der Waals surface area (Å²) in [6.07, 6.45) is 1.31. The summed E-state index contributed by atoms with van der Waals surface area (Å²) in [7, 11) is 1.51. The second kappa shape index (κ2) is 15.8. The van der Waals surface area contributed by atoms with Crippen LogP contribution in [0, 0.1) is 17.3 Å². The number of rotatable bonds is 7. The molecular formula is C36H45ClN2O8. The molecule has 2 aliphatic heterocycles. The maximum absolute atomic E-state index is 13.6. The van der Waals surface area contributed by atoms with Crippen molar-refractivity contribution in [3.8, 4) is 5.75 Å². The van der Waals surface area contributed by atoms with Crippen molar-refractivity contribution in [3.05, 3.63) is 76.8 Å². The van der Waals surface area contributed by atoms with Gasteiger partial charge in [0, 0.05) is 31.7 Å². The van der Waals surface area contributed by atoms with E-state index in [1.165, 1.54) is 13.2 Å². The molecule has 2 aromatic rings. The fourth-order valence-electron chi connectivity index (χ4n) is 5.50. The highest BCUT2D eigenvalue weighted by atomic mass is 35.5. The molecule has 0 spiro atoms. The monoisotopic (exact) mass is 668 g/mol. The molecule has 0 radical (unpaired) electrons. The summed E-state index contributed by atoms with van der Waals surface area (Å²) in [5.74, 6) is -2.85. The molecule has 0 aromatic heterocycles. The highest BCUT2D eigenvalue weighted by molar-refractivity contribution is 6.32. The van der Waals surface area contributed by atoms with Crippen LogP contribution in [0.3, 0.4) is 0 Å². The summed E-state index contributed by atoms with van der Waals surface area (Å²) >= 11 is 6.31. The minimum atomic E-state index is -1.16. The summed E-state index contributed by atoms with van der Waals surface area (Å²) in [5, 5.41) is 5.87. The number of cyclic esters (lactones) is 2. The van der Waals surface area contributed by atoms with Gasteiger partial charge in [0.05, 0.1) is 24.2 Å². The van der Waals surface area contributed by atoms with Gasteiger partial charge in [-0.25, -0.2) is 4.79 Å². The number of halogens is 1. The van der Waals surface area contributed by atoms with Crippen LogP contribution in [0.25, 0.3) is 0 Å². The van der Waals surface area contributed by atoms with Crippen molar-refractivity contribution in [2.24, 2.45) is 17.3 Å². The molecule has 0 aliphatic carbocycles.